The number of amides is 2. The van der Waals surface area contributed by atoms with Gasteiger partial charge in [-0.3, -0.25) is 19.8 Å². The van der Waals surface area contributed by atoms with Crippen molar-refractivity contribution in [2.75, 3.05) is 25.5 Å². The molecular formula is C26H30Cl2N4O2S. The van der Waals surface area contributed by atoms with Crippen molar-refractivity contribution in [1.29, 1.82) is 0 Å². The van der Waals surface area contributed by atoms with E-state index in [1.165, 1.54) is 17.4 Å². The minimum absolute atomic E-state index is 0.102. The first-order chi connectivity index (χ1) is 16.9. The Kier molecular flexibility index (Phi) is 8.65. The molecule has 1 fully saturated rings. The quantitative estimate of drug-likeness (QED) is 0.368. The number of aromatic nitrogens is 1. The van der Waals surface area contributed by atoms with Gasteiger partial charge in [-0.25, -0.2) is 4.98 Å². The van der Waals surface area contributed by atoms with Crippen molar-refractivity contribution in [3.63, 3.8) is 0 Å². The van der Waals surface area contributed by atoms with Crippen LogP contribution in [0.5, 0.6) is 0 Å². The van der Waals surface area contributed by atoms with Crippen molar-refractivity contribution in [3.8, 4) is 0 Å². The molecule has 6 nitrogen and oxygen atoms in total. The fourth-order valence-electron chi connectivity index (χ4n) is 4.72. The predicted octanol–water partition coefficient (Wildman–Crippen LogP) is 5.67. The lowest BCUT2D eigenvalue weighted by molar-refractivity contribution is -0.133. The standard InChI is InChI=1S/C26H30Cl2N4O2S/c1-3-4-5-12-23(33)29-26-30-24-18(8-6-11-22(24)35-26)25(34)31(2)17-13-14-32(15-17)16-19-20(27)9-7-10-21(19)28/h3-5,7,9-10,12,17-18H,6,8,11,13-16H2,1-2H3,(H,29,30,33). The summed E-state index contributed by atoms with van der Waals surface area (Å²) in [5, 5.41) is 4.73. The summed E-state index contributed by atoms with van der Waals surface area (Å²) >= 11 is 14.2. The second-order valence-corrected chi connectivity index (χ2v) is 10.9. The van der Waals surface area contributed by atoms with Crippen molar-refractivity contribution in [2.24, 2.45) is 0 Å². The molecule has 2 heterocycles. The summed E-state index contributed by atoms with van der Waals surface area (Å²) in [6.45, 7) is 4.22. The van der Waals surface area contributed by atoms with Gasteiger partial charge in [0.2, 0.25) is 11.8 Å². The van der Waals surface area contributed by atoms with Gasteiger partial charge in [0, 0.05) is 59.3 Å². The van der Waals surface area contributed by atoms with Crippen LogP contribution in [-0.4, -0.2) is 52.8 Å². The molecule has 2 amide bonds. The molecule has 1 aromatic carbocycles. The molecule has 186 valence electrons. The number of likely N-dealkylation sites (tertiary alicyclic amines) is 1. The summed E-state index contributed by atoms with van der Waals surface area (Å²) in [6.07, 6.45) is 10.3. The van der Waals surface area contributed by atoms with E-state index in [1.807, 2.05) is 43.1 Å². The molecule has 2 aliphatic rings. The number of carbonyl (C=O) groups is 2. The average molecular weight is 534 g/mol. The van der Waals surface area contributed by atoms with Crippen molar-refractivity contribution in [2.45, 2.75) is 51.1 Å². The van der Waals surface area contributed by atoms with Crippen LogP contribution in [0.4, 0.5) is 5.13 Å². The highest BCUT2D eigenvalue weighted by Gasteiger charge is 2.36. The third-order valence-corrected chi connectivity index (χ3v) is 8.37. The molecule has 1 N–H and O–H groups in total. The van der Waals surface area contributed by atoms with Gasteiger partial charge in [0.1, 0.15) is 0 Å². The van der Waals surface area contributed by atoms with Crippen molar-refractivity contribution in [1.82, 2.24) is 14.8 Å². The zero-order valence-corrected chi connectivity index (χ0v) is 22.3. The van der Waals surface area contributed by atoms with E-state index in [0.29, 0.717) is 21.7 Å². The number of thiazole rings is 1. The van der Waals surface area contributed by atoms with Crippen LogP contribution >= 0.6 is 34.5 Å². The van der Waals surface area contributed by atoms with Gasteiger partial charge in [-0.15, -0.1) is 11.3 Å². The molecule has 35 heavy (non-hydrogen) atoms. The van der Waals surface area contributed by atoms with Gasteiger partial charge < -0.3 is 4.90 Å². The van der Waals surface area contributed by atoms with Gasteiger partial charge in [0.15, 0.2) is 5.13 Å². The molecule has 0 radical (unpaired) electrons. The van der Waals surface area contributed by atoms with Gasteiger partial charge in [-0.05, 0) is 44.7 Å². The molecule has 2 atom stereocenters. The molecule has 2 aromatic rings. The summed E-state index contributed by atoms with van der Waals surface area (Å²) < 4.78 is 0. The first-order valence-electron chi connectivity index (χ1n) is 11.9. The van der Waals surface area contributed by atoms with E-state index >= 15 is 0 Å². The lowest BCUT2D eigenvalue weighted by atomic mass is 9.89. The van der Waals surface area contributed by atoms with Crippen LogP contribution in [0, 0.1) is 0 Å². The lowest BCUT2D eigenvalue weighted by Gasteiger charge is -2.30. The molecule has 1 aliphatic heterocycles. The maximum atomic E-state index is 13.6. The Morgan fingerprint density at radius 3 is 2.77 bits per heavy atom. The van der Waals surface area contributed by atoms with Crippen LogP contribution in [0.15, 0.2) is 42.5 Å². The molecule has 0 bridgehead atoms. The Balaban J connectivity index is 1.40. The summed E-state index contributed by atoms with van der Waals surface area (Å²) in [5.74, 6) is -0.389. The third-order valence-electron chi connectivity index (χ3n) is 6.62. The Morgan fingerprint density at radius 2 is 2.03 bits per heavy atom. The Hall–Kier alpha value is -2.19. The van der Waals surface area contributed by atoms with Crippen molar-refractivity contribution >= 4 is 51.5 Å². The van der Waals surface area contributed by atoms with E-state index in [2.05, 4.69) is 15.2 Å². The first kappa shape index (κ1) is 25.9. The number of hydrogen-bond donors (Lipinski definition) is 1. The zero-order valence-electron chi connectivity index (χ0n) is 20.0. The number of nitrogens with zero attached hydrogens (tertiary/aromatic N) is 3. The Bertz CT molecular complexity index is 1130. The predicted molar refractivity (Wildman–Crippen MR) is 143 cm³/mol. The summed E-state index contributed by atoms with van der Waals surface area (Å²) in [7, 11) is 1.90. The lowest BCUT2D eigenvalue weighted by Crippen LogP contribution is -2.42. The largest absolute Gasteiger partial charge is 0.341 e. The van der Waals surface area contributed by atoms with E-state index in [-0.39, 0.29) is 23.8 Å². The highest BCUT2D eigenvalue weighted by molar-refractivity contribution is 7.15. The fraction of sp³-hybridized carbons (Fsp3) is 0.423. The molecule has 1 aliphatic carbocycles. The van der Waals surface area contributed by atoms with Crippen molar-refractivity contribution in [3.05, 3.63) is 68.7 Å². The molecule has 0 spiro atoms. The number of benzene rings is 1. The number of aryl methyl sites for hydroxylation is 1. The molecule has 1 saturated heterocycles. The fourth-order valence-corrected chi connectivity index (χ4v) is 6.30. The number of hydrogen-bond acceptors (Lipinski definition) is 5. The van der Waals surface area contributed by atoms with Crippen LogP contribution in [-0.2, 0) is 22.6 Å². The van der Waals surface area contributed by atoms with Crippen LogP contribution < -0.4 is 5.32 Å². The molecule has 0 saturated carbocycles. The molecule has 2 unspecified atom stereocenters. The molecular weight excluding hydrogens is 503 g/mol. The summed E-state index contributed by atoms with van der Waals surface area (Å²) in [5.41, 5.74) is 1.75. The van der Waals surface area contributed by atoms with E-state index < -0.39 is 0 Å². The zero-order chi connectivity index (χ0) is 24.9. The molecule has 9 heteroatoms. The highest BCUT2D eigenvalue weighted by atomic mass is 35.5. The normalized spacial score (nSPS) is 20.5. The number of carbonyl (C=O) groups excluding carboxylic acids is 2. The van der Waals surface area contributed by atoms with Gasteiger partial charge in [-0.2, -0.15) is 0 Å². The number of halogens is 2. The number of rotatable bonds is 7. The smallest absolute Gasteiger partial charge is 0.250 e. The van der Waals surface area contributed by atoms with Crippen LogP contribution in [0.2, 0.25) is 10.0 Å². The maximum absolute atomic E-state index is 13.6. The van der Waals surface area contributed by atoms with Crippen molar-refractivity contribution < 1.29 is 9.59 Å². The first-order valence-corrected chi connectivity index (χ1v) is 13.5. The van der Waals surface area contributed by atoms with E-state index in [0.717, 1.165) is 54.9 Å². The Labute approximate surface area is 220 Å². The van der Waals surface area contributed by atoms with Gasteiger partial charge in [0.05, 0.1) is 11.6 Å². The number of anilines is 1. The van der Waals surface area contributed by atoms with E-state index in [4.69, 9.17) is 23.2 Å². The van der Waals surface area contributed by atoms with Gasteiger partial charge in [0.25, 0.3) is 0 Å². The topological polar surface area (TPSA) is 65.5 Å². The number of likely N-dealkylation sites (N-methyl/N-ethyl adjacent to an activating group) is 1. The SMILES string of the molecule is CC=CC=CC(=O)Nc1nc2c(s1)CCCC2C(=O)N(C)C1CCN(Cc2c(Cl)cccc2Cl)C1. The number of nitrogens with one attached hydrogen (secondary N) is 1. The number of allylic oxidation sites excluding steroid dienone is 3. The van der Waals surface area contributed by atoms with Crippen LogP contribution in [0.1, 0.15) is 48.2 Å². The van der Waals surface area contributed by atoms with E-state index in [1.54, 1.807) is 12.2 Å². The second-order valence-electron chi connectivity index (χ2n) is 8.97. The van der Waals surface area contributed by atoms with Gasteiger partial charge >= 0.3 is 0 Å². The van der Waals surface area contributed by atoms with Crippen LogP contribution in [0.3, 0.4) is 0 Å². The molecule has 4 rings (SSSR count). The average Bonchev–Trinajstić information content (AvgIpc) is 3.47. The second kappa shape index (κ2) is 11.7. The summed E-state index contributed by atoms with van der Waals surface area (Å²) in [6, 6.07) is 5.69. The summed E-state index contributed by atoms with van der Waals surface area (Å²) in [4.78, 5) is 35.6. The Morgan fingerprint density at radius 1 is 1.26 bits per heavy atom. The van der Waals surface area contributed by atoms with Crippen LogP contribution in [0.25, 0.3) is 0 Å². The molecule has 1 aromatic heterocycles. The minimum Gasteiger partial charge on any atom is -0.341 e. The third kappa shape index (κ3) is 6.15. The maximum Gasteiger partial charge on any atom is 0.250 e. The van der Waals surface area contributed by atoms with Gasteiger partial charge in [-0.1, -0.05) is 47.5 Å². The minimum atomic E-state index is -0.267. The highest BCUT2D eigenvalue weighted by Crippen LogP contribution is 2.38. The monoisotopic (exact) mass is 532 g/mol. The van der Waals surface area contributed by atoms with E-state index in [9.17, 15) is 9.59 Å². The number of fused-ring (bicyclic) bond motifs is 1.